The van der Waals surface area contributed by atoms with Gasteiger partial charge < -0.3 is 0 Å². The molecule has 24 heavy (non-hydrogen) atoms. The minimum absolute atomic E-state index is 0.106. The summed E-state index contributed by atoms with van der Waals surface area (Å²) in [6, 6.07) is 11.9. The highest BCUT2D eigenvalue weighted by Crippen LogP contribution is 2.22. The fourth-order valence-corrected chi connectivity index (χ4v) is 2.83. The molecule has 2 heterocycles. The molecular formula is C19H20FN3O. The van der Waals surface area contributed by atoms with Gasteiger partial charge in [0.2, 0.25) is 0 Å². The number of halogens is 1. The lowest BCUT2D eigenvalue weighted by Crippen LogP contribution is -2.25. The van der Waals surface area contributed by atoms with Crippen molar-refractivity contribution in [1.82, 2.24) is 14.3 Å². The number of hydrogen-bond donors (Lipinski definition) is 0. The molecule has 1 atom stereocenters. The third kappa shape index (κ3) is 3.08. The smallest absolute Gasteiger partial charge is 0.258 e. The predicted octanol–water partition coefficient (Wildman–Crippen LogP) is 3.34. The van der Waals surface area contributed by atoms with E-state index in [-0.39, 0.29) is 17.4 Å². The average Bonchev–Trinajstić information content (AvgIpc) is 2.56. The molecule has 0 amide bonds. The highest BCUT2D eigenvalue weighted by Gasteiger charge is 2.16. The van der Waals surface area contributed by atoms with Crippen LogP contribution in [0.3, 0.4) is 0 Å². The second-order valence-corrected chi connectivity index (χ2v) is 6.08. The molecule has 124 valence electrons. The van der Waals surface area contributed by atoms with Crippen LogP contribution in [0.4, 0.5) is 4.39 Å². The highest BCUT2D eigenvalue weighted by atomic mass is 19.1. The Kier molecular flexibility index (Phi) is 4.44. The van der Waals surface area contributed by atoms with Crippen molar-refractivity contribution in [2.75, 3.05) is 7.05 Å². The lowest BCUT2D eigenvalue weighted by molar-refractivity contribution is 0.245. The zero-order valence-electron chi connectivity index (χ0n) is 14.0. The van der Waals surface area contributed by atoms with Gasteiger partial charge in [-0.3, -0.25) is 14.1 Å². The molecule has 0 aliphatic rings. The molecule has 0 saturated carbocycles. The number of aryl methyl sites for hydroxylation is 1. The molecular weight excluding hydrogens is 305 g/mol. The molecule has 3 rings (SSSR count). The first-order valence-electron chi connectivity index (χ1n) is 7.90. The monoisotopic (exact) mass is 325 g/mol. The number of benzene rings is 1. The summed E-state index contributed by atoms with van der Waals surface area (Å²) in [6.45, 7) is 4.34. The van der Waals surface area contributed by atoms with Crippen LogP contribution in [-0.4, -0.2) is 21.3 Å². The molecule has 2 aromatic heterocycles. The Hall–Kier alpha value is -2.53. The third-order valence-corrected chi connectivity index (χ3v) is 4.37. The van der Waals surface area contributed by atoms with Gasteiger partial charge in [0.25, 0.3) is 5.56 Å². The van der Waals surface area contributed by atoms with Gasteiger partial charge in [-0.1, -0.05) is 24.3 Å². The predicted molar refractivity (Wildman–Crippen MR) is 92.5 cm³/mol. The summed E-state index contributed by atoms with van der Waals surface area (Å²) >= 11 is 0. The van der Waals surface area contributed by atoms with Crippen LogP contribution < -0.4 is 5.56 Å². The fraction of sp³-hybridized carbons (Fsp3) is 0.263. The molecule has 0 N–H and O–H groups in total. The van der Waals surface area contributed by atoms with Gasteiger partial charge >= 0.3 is 0 Å². The first kappa shape index (κ1) is 16.3. The molecule has 4 nitrogen and oxygen atoms in total. The summed E-state index contributed by atoms with van der Waals surface area (Å²) in [4.78, 5) is 18.9. The maximum absolute atomic E-state index is 14.0. The second-order valence-electron chi connectivity index (χ2n) is 6.08. The van der Waals surface area contributed by atoms with E-state index in [1.165, 1.54) is 12.1 Å². The molecule has 0 fully saturated rings. The molecule has 0 aliphatic carbocycles. The molecule has 0 bridgehead atoms. The van der Waals surface area contributed by atoms with E-state index in [2.05, 4.69) is 4.98 Å². The zero-order valence-corrected chi connectivity index (χ0v) is 14.0. The van der Waals surface area contributed by atoms with Crippen LogP contribution in [0.5, 0.6) is 0 Å². The Morgan fingerprint density at radius 3 is 2.75 bits per heavy atom. The number of hydrogen-bond acceptors (Lipinski definition) is 3. The second kappa shape index (κ2) is 6.53. The van der Waals surface area contributed by atoms with Crippen LogP contribution in [0.2, 0.25) is 0 Å². The van der Waals surface area contributed by atoms with E-state index in [1.54, 1.807) is 22.7 Å². The molecule has 5 heteroatoms. The van der Waals surface area contributed by atoms with Crippen molar-refractivity contribution < 1.29 is 4.39 Å². The minimum atomic E-state index is -0.223. The summed E-state index contributed by atoms with van der Waals surface area (Å²) in [5.41, 5.74) is 2.81. The van der Waals surface area contributed by atoms with E-state index >= 15 is 0 Å². The molecule has 0 saturated heterocycles. The fourth-order valence-electron chi connectivity index (χ4n) is 2.83. The number of fused-ring (bicyclic) bond motifs is 1. The Labute approximate surface area is 140 Å². The van der Waals surface area contributed by atoms with Crippen molar-refractivity contribution >= 4 is 5.65 Å². The largest absolute Gasteiger partial charge is 0.294 e. The first-order valence-corrected chi connectivity index (χ1v) is 7.90. The summed E-state index contributed by atoms with van der Waals surface area (Å²) in [5.74, 6) is -0.223. The van der Waals surface area contributed by atoms with Crippen molar-refractivity contribution in [1.29, 1.82) is 0 Å². The highest BCUT2D eigenvalue weighted by molar-refractivity contribution is 5.46. The van der Waals surface area contributed by atoms with Crippen molar-refractivity contribution in [3.8, 4) is 0 Å². The van der Waals surface area contributed by atoms with Crippen molar-refractivity contribution in [2.24, 2.45) is 0 Å². The summed E-state index contributed by atoms with van der Waals surface area (Å²) in [6.07, 6.45) is 1.72. The van der Waals surface area contributed by atoms with Crippen LogP contribution in [0, 0.1) is 12.7 Å². The number of rotatable bonds is 4. The number of nitrogens with zero attached hydrogens (tertiary/aromatic N) is 3. The Balaban J connectivity index is 1.91. The molecule has 0 radical (unpaired) electrons. The van der Waals surface area contributed by atoms with E-state index < -0.39 is 0 Å². The number of aromatic nitrogens is 2. The van der Waals surface area contributed by atoms with E-state index in [1.807, 2.05) is 44.0 Å². The maximum Gasteiger partial charge on any atom is 0.258 e. The molecule has 0 unspecified atom stereocenters. The van der Waals surface area contributed by atoms with E-state index in [4.69, 9.17) is 0 Å². The summed E-state index contributed by atoms with van der Waals surface area (Å²) in [7, 11) is 1.90. The Morgan fingerprint density at radius 2 is 2.00 bits per heavy atom. The van der Waals surface area contributed by atoms with Crippen LogP contribution in [0.1, 0.15) is 29.8 Å². The molecule has 1 aromatic carbocycles. The topological polar surface area (TPSA) is 37.6 Å². The lowest BCUT2D eigenvalue weighted by Gasteiger charge is -2.25. The van der Waals surface area contributed by atoms with Crippen LogP contribution in [0.25, 0.3) is 5.65 Å². The lowest BCUT2D eigenvalue weighted by atomic mass is 10.1. The molecule has 0 spiro atoms. The van der Waals surface area contributed by atoms with Gasteiger partial charge in [0.05, 0.1) is 5.69 Å². The zero-order chi connectivity index (χ0) is 17.3. The quantitative estimate of drug-likeness (QED) is 0.738. The van der Waals surface area contributed by atoms with Gasteiger partial charge in [-0.2, -0.15) is 0 Å². The van der Waals surface area contributed by atoms with Gasteiger partial charge in [0.15, 0.2) is 0 Å². The van der Waals surface area contributed by atoms with E-state index in [9.17, 15) is 9.18 Å². The van der Waals surface area contributed by atoms with Crippen LogP contribution in [-0.2, 0) is 6.54 Å². The third-order valence-electron chi connectivity index (χ3n) is 4.37. The SMILES string of the molecule is Cc1cccn2c(=O)cc(CN(C)[C@@H](C)c3ccccc3F)nc12. The normalized spacial score (nSPS) is 12.7. The summed E-state index contributed by atoms with van der Waals surface area (Å²) < 4.78 is 15.5. The molecule has 3 aromatic rings. The van der Waals surface area contributed by atoms with Gasteiger partial charge in [-0.05, 0) is 38.6 Å². The van der Waals surface area contributed by atoms with Gasteiger partial charge in [-0.15, -0.1) is 0 Å². The van der Waals surface area contributed by atoms with Crippen molar-refractivity contribution in [3.05, 3.63) is 81.7 Å². The van der Waals surface area contributed by atoms with Crippen LogP contribution in [0.15, 0.2) is 53.5 Å². The van der Waals surface area contributed by atoms with Gasteiger partial charge in [0, 0.05) is 30.4 Å². The van der Waals surface area contributed by atoms with E-state index in [0.717, 1.165) is 5.56 Å². The molecule has 0 aliphatic heterocycles. The number of pyridine rings is 1. The Morgan fingerprint density at radius 1 is 1.25 bits per heavy atom. The van der Waals surface area contributed by atoms with Gasteiger partial charge in [-0.25, -0.2) is 9.37 Å². The minimum Gasteiger partial charge on any atom is -0.294 e. The standard InChI is InChI=1S/C19H20FN3O/c1-13-7-6-10-23-18(24)11-15(21-19(13)23)12-22(3)14(2)16-8-4-5-9-17(16)20/h4-11,14H,12H2,1-3H3/t14-/m0/s1. The first-order chi connectivity index (χ1) is 11.5. The summed E-state index contributed by atoms with van der Waals surface area (Å²) in [5, 5.41) is 0. The van der Waals surface area contributed by atoms with Gasteiger partial charge in [0.1, 0.15) is 11.5 Å². The van der Waals surface area contributed by atoms with Crippen molar-refractivity contribution in [3.63, 3.8) is 0 Å². The Bertz CT molecular complexity index is 935. The maximum atomic E-state index is 14.0. The van der Waals surface area contributed by atoms with E-state index in [0.29, 0.717) is 23.4 Å². The average molecular weight is 325 g/mol. The van der Waals surface area contributed by atoms with Crippen molar-refractivity contribution in [2.45, 2.75) is 26.4 Å². The van der Waals surface area contributed by atoms with Crippen LogP contribution >= 0.6 is 0 Å².